The van der Waals surface area contributed by atoms with Crippen molar-refractivity contribution in [2.24, 2.45) is 0 Å². The number of carboxylic acids is 1. The number of rotatable bonds is 8. The van der Waals surface area contributed by atoms with Crippen molar-refractivity contribution in [3.8, 4) is 22.6 Å². The molecule has 1 aliphatic rings. The van der Waals surface area contributed by atoms with Crippen molar-refractivity contribution in [1.82, 2.24) is 5.32 Å². The second-order valence-corrected chi connectivity index (χ2v) is 9.37. The summed E-state index contributed by atoms with van der Waals surface area (Å²) in [5.74, 6) is -1.53. The molecule has 0 aliphatic carbocycles. The van der Waals surface area contributed by atoms with Crippen LogP contribution in [0.5, 0.6) is 11.5 Å². The predicted octanol–water partition coefficient (Wildman–Crippen LogP) is 5.69. The molecule has 4 rings (SSSR count). The number of halogens is 4. The summed E-state index contributed by atoms with van der Waals surface area (Å²) >= 11 is 0. The molecule has 0 saturated carbocycles. The molecule has 3 aromatic rings. The summed E-state index contributed by atoms with van der Waals surface area (Å²) in [7, 11) is 0. The molecule has 206 valence electrons. The number of aliphatic hydroxyl groups excluding tert-OH is 1. The molecule has 0 amide bonds. The molecule has 39 heavy (non-hydrogen) atoms. The summed E-state index contributed by atoms with van der Waals surface area (Å²) in [4.78, 5) is 11.4. The lowest BCUT2D eigenvalue weighted by Crippen LogP contribution is -2.52. The molecule has 0 fully saturated rings. The van der Waals surface area contributed by atoms with Gasteiger partial charge in [-0.05, 0) is 65.9 Å². The van der Waals surface area contributed by atoms with Gasteiger partial charge in [0.15, 0.2) is 17.3 Å². The third-order valence-electron chi connectivity index (χ3n) is 6.65. The van der Waals surface area contributed by atoms with E-state index >= 15 is 4.39 Å². The second-order valence-electron chi connectivity index (χ2n) is 9.37. The summed E-state index contributed by atoms with van der Waals surface area (Å²) in [5.41, 5.74) is -0.186. The van der Waals surface area contributed by atoms with Gasteiger partial charge < -0.3 is 19.7 Å². The van der Waals surface area contributed by atoms with Crippen molar-refractivity contribution in [3.05, 3.63) is 82.2 Å². The molecule has 0 spiro atoms. The van der Waals surface area contributed by atoms with E-state index in [-0.39, 0.29) is 30.0 Å². The van der Waals surface area contributed by atoms with E-state index in [1.807, 2.05) is 0 Å². The monoisotopic (exact) mass is 545 g/mol. The Labute approximate surface area is 222 Å². The summed E-state index contributed by atoms with van der Waals surface area (Å²) in [6, 6.07) is 11.8. The highest BCUT2D eigenvalue weighted by Gasteiger charge is 2.34. The van der Waals surface area contributed by atoms with Crippen LogP contribution >= 0.6 is 0 Å². The van der Waals surface area contributed by atoms with Crippen molar-refractivity contribution < 1.29 is 42.0 Å². The standard InChI is InChI=1S/C29H27F4NO5/c1-17-19(4-3-5-21(17)22-9-11-24-26(25(22)30)39-13-12-38-24)7-8-20-14-18(6-10-23(20)29(31,32)33)15-34-28(2,16-35)27(36)37/h3-11,14,34-35H,12-13,15-16H2,1-2H3,(H,36,37). The number of benzene rings is 3. The summed E-state index contributed by atoms with van der Waals surface area (Å²) in [6.07, 6.45) is -1.79. The van der Waals surface area contributed by atoms with Gasteiger partial charge in [-0.2, -0.15) is 13.2 Å². The molecule has 3 aromatic carbocycles. The smallest absolute Gasteiger partial charge is 0.416 e. The van der Waals surface area contributed by atoms with Gasteiger partial charge >= 0.3 is 12.1 Å². The molecule has 1 atom stereocenters. The minimum Gasteiger partial charge on any atom is -0.486 e. The van der Waals surface area contributed by atoms with Crippen LogP contribution < -0.4 is 14.8 Å². The Hall–Kier alpha value is -3.89. The van der Waals surface area contributed by atoms with Gasteiger partial charge in [-0.25, -0.2) is 4.39 Å². The molecule has 10 heteroatoms. The Bertz CT molecular complexity index is 1420. The Balaban J connectivity index is 1.68. The number of ether oxygens (including phenoxy) is 2. The number of alkyl halides is 3. The maximum absolute atomic E-state index is 15.3. The zero-order valence-corrected chi connectivity index (χ0v) is 21.2. The normalized spacial score (nSPS) is 14.8. The van der Waals surface area contributed by atoms with Gasteiger partial charge in [0.1, 0.15) is 18.8 Å². The average Bonchev–Trinajstić information content (AvgIpc) is 2.91. The third-order valence-corrected chi connectivity index (χ3v) is 6.65. The Morgan fingerprint density at radius 1 is 1.03 bits per heavy atom. The predicted molar refractivity (Wildman–Crippen MR) is 138 cm³/mol. The van der Waals surface area contributed by atoms with Crippen molar-refractivity contribution in [3.63, 3.8) is 0 Å². The van der Waals surface area contributed by atoms with E-state index in [2.05, 4.69) is 5.32 Å². The van der Waals surface area contributed by atoms with Gasteiger partial charge in [0.2, 0.25) is 0 Å². The van der Waals surface area contributed by atoms with Crippen LogP contribution in [0, 0.1) is 12.7 Å². The highest BCUT2D eigenvalue weighted by Crippen LogP contribution is 2.40. The highest BCUT2D eigenvalue weighted by atomic mass is 19.4. The molecule has 0 radical (unpaired) electrons. The zero-order valence-electron chi connectivity index (χ0n) is 21.2. The van der Waals surface area contributed by atoms with E-state index in [1.165, 1.54) is 31.2 Å². The van der Waals surface area contributed by atoms with Crippen molar-refractivity contribution in [2.75, 3.05) is 19.8 Å². The quantitative estimate of drug-likeness (QED) is 0.249. The Morgan fingerprint density at radius 2 is 1.74 bits per heavy atom. The van der Waals surface area contributed by atoms with E-state index in [4.69, 9.17) is 9.47 Å². The molecule has 1 aliphatic heterocycles. The number of hydrogen-bond acceptors (Lipinski definition) is 5. The first kappa shape index (κ1) is 28.1. The summed E-state index contributed by atoms with van der Waals surface area (Å²) < 4.78 is 67.4. The van der Waals surface area contributed by atoms with Crippen LogP contribution in [0.25, 0.3) is 23.3 Å². The fraction of sp³-hybridized carbons (Fsp3) is 0.276. The molecule has 3 N–H and O–H groups in total. The molecular formula is C29H27F4NO5. The maximum Gasteiger partial charge on any atom is 0.416 e. The second kappa shape index (κ2) is 11.1. The van der Waals surface area contributed by atoms with Gasteiger partial charge in [-0.3, -0.25) is 10.1 Å². The highest BCUT2D eigenvalue weighted by molar-refractivity contribution is 5.80. The number of hydrogen-bond donors (Lipinski definition) is 3. The van der Waals surface area contributed by atoms with Gasteiger partial charge in [0.25, 0.3) is 0 Å². The lowest BCUT2D eigenvalue weighted by atomic mass is 9.94. The molecule has 1 unspecified atom stereocenters. The Morgan fingerprint density at radius 3 is 2.44 bits per heavy atom. The van der Waals surface area contributed by atoms with E-state index in [1.54, 1.807) is 37.3 Å². The molecule has 0 saturated heterocycles. The number of nitrogens with one attached hydrogen (secondary N) is 1. The number of carbonyl (C=O) groups is 1. The van der Waals surface area contributed by atoms with Crippen molar-refractivity contribution in [1.29, 1.82) is 0 Å². The van der Waals surface area contributed by atoms with Gasteiger partial charge in [0.05, 0.1) is 12.2 Å². The fourth-order valence-electron chi connectivity index (χ4n) is 4.21. The van der Waals surface area contributed by atoms with Crippen LogP contribution in [0.1, 0.15) is 34.7 Å². The lowest BCUT2D eigenvalue weighted by molar-refractivity contribution is -0.146. The van der Waals surface area contributed by atoms with E-state index in [9.17, 15) is 28.2 Å². The fourth-order valence-corrected chi connectivity index (χ4v) is 4.21. The number of carboxylic acid groups (broad SMARTS) is 1. The number of aliphatic hydroxyl groups is 1. The minimum atomic E-state index is -4.63. The minimum absolute atomic E-state index is 0.0273. The molecule has 0 bridgehead atoms. The van der Waals surface area contributed by atoms with Crippen LogP contribution in [-0.2, 0) is 17.5 Å². The first-order chi connectivity index (χ1) is 18.4. The topological polar surface area (TPSA) is 88.0 Å². The van der Waals surface area contributed by atoms with E-state index < -0.39 is 35.7 Å². The SMILES string of the molecule is Cc1c(C=Cc2cc(CNC(C)(CO)C(=O)O)ccc2C(F)(F)F)cccc1-c1ccc2c(c1F)OCCO2. The van der Waals surface area contributed by atoms with Crippen LogP contribution in [0.2, 0.25) is 0 Å². The average molecular weight is 546 g/mol. The first-order valence-corrected chi connectivity index (χ1v) is 12.1. The maximum atomic E-state index is 15.3. The third kappa shape index (κ3) is 5.91. The van der Waals surface area contributed by atoms with Gasteiger partial charge in [-0.15, -0.1) is 0 Å². The first-order valence-electron chi connectivity index (χ1n) is 12.1. The van der Waals surface area contributed by atoms with Gasteiger partial charge in [0, 0.05) is 12.1 Å². The number of aliphatic carboxylic acids is 1. The largest absolute Gasteiger partial charge is 0.486 e. The number of fused-ring (bicyclic) bond motifs is 1. The molecule has 1 heterocycles. The summed E-state index contributed by atoms with van der Waals surface area (Å²) in [5, 5.41) is 21.4. The van der Waals surface area contributed by atoms with Crippen LogP contribution in [0.15, 0.2) is 48.5 Å². The molecule has 6 nitrogen and oxygen atoms in total. The van der Waals surface area contributed by atoms with Crippen molar-refractivity contribution in [2.45, 2.75) is 32.1 Å². The molecular weight excluding hydrogens is 518 g/mol. The zero-order chi connectivity index (χ0) is 28.4. The van der Waals surface area contributed by atoms with Crippen LogP contribution in [0.3, 0.4) is 0 Å². The lowest BCUT2D eigenvalue weighted by Gasteiger charge is -2.24. The van der Waals surface area contributed by atoms with Crippen molar-refractivity contribution >= 4 is 18.1 Å². The van der Waals surface area contributed by atoms with Crippen LogP contribution in [-0.4, -0.2) is 41.5 Å². The summed E-state index contributed by atoms with van der Waals surface area (Å²) in [6.45, 7) is 2.79. The van der Waals surface area contributed by atoms with Crippen LogP contribution in [0.4, 0.5) is 17.6 Å². The molecule has 0 aromatic heterocycles. The Kier molecular flexibility index (Phi) is 7.99. The van der Waals surface area contributed by atoms with E-state index in [0.717, 1.165) is 6.07 Å². The van der Waals surface area contributed by atoms with E-state index in [0.29, 0.717) is 34.6 Å². The van der Waals surface area contributed by atoms with Gasteiger partial charge in [-0.1, -0.05) is 36.4 Å².